The van der Waals surface area contributed by atoms with Gasteiger partial charge in [-0.15, -0.1) is 11.8 Å². The van der Waals surface area contributed by atoms with Gasteiger partial charge in [0.25, 0.3) is 5.91 Å². The molecule has 0 unspecified atom stereocenters. The Morgan fingerprint density at radius 1 is 1.10 bits per heavy atom. The summed E-state index contributed by atoms with van der Waals surface area (Å²) >= 11 is 3.98. The van der Waals surface area contributed by atoms with E-state index in [2.05, 4.69) is 59.1 Å². The Hall–Kier alpha value is -1.01. The minimum Gasteiger partial charge on any atom is -0.351 e. The summed E-state index contributed by atoms with van der Waals surface area (Å²) in [5, 5.41) is 2.94. The lowest BCUT2D eigenvalue weighted by Gasteiger charge is -2.05. The third-order valence-corrected chi connectivity index (χ3v) is 4.52. The highest BCUT2D eigenvalue weighted by Gasteiger charge is 2.04. The van der Waals surface area contributed by atoms with Crippen LogP contribution in [0.4, 0.5) is 0 Å². The predicted molar refractivity (Wildman–Crippen MR) is 93.4 cm³/mol. The Morgan fingerprint density at radius 2 is 1.75 bits per heavy atom. The third-order valence-electron chi connectivity index (χ3n) is 2.78. The summed E-state index contributed by atoms with van der Waals surface area (Å²) < 4.78 is 1.13. The summed E-state index contributed by atoms with van der Waals surface area (Å²) in [7, 11) is 0. The molecule has 0 saturated heterocycles. The van der Waals surface area contributed by atoms with Crippen LogP contribution in [0, 0.1) is 10.5 Å². The number of hydrogen-bond donors (Lipinski definition) is 1. The van der Waals surface area contributed by atoms with E-state index in [1.807, 2.05) is 24.3 Å². The van der Waals surface area contributed by atoms with Crippen molar-refractivity contribution in [3.63, 3.8) is 0 Å². The third kappa shape index (κ3) is 4.83. The maximum Gasteiger partial charge on any atom is 0.251 e. The standard InChI is InChI=1S/C16H16INOS/c1-12-2-8-15(9-3-12)20-11-10-18-16(19)13-4-6-14(17)7-5-13/h2-9H,10-11H2,1H3,(H,18,19). The molecule has 1 N–H and O–H groups in total. The number of thioether (sulfide) groups is 1. The van der Waals surface area contributed by atoms with Gasteiger partial charge in [0.15, 0.2) is 0 Å². The second kappa shape index (κ2) is 7.69. The number of carbonyl (C=O) groups excluding carboxylic acids is 1. The molecule has 2 aromatic carbocycles. The molecule has 0 saturated carbocycles. The van der Waals surface area contributed by atoms with E-state index in [1.54, 1.807) is 11.8 Å². The van der Waals surface area contributed by atoms with Gasteiger partial charge in [-0.1, -0.05) is 17.7 Å². The van der Waals surface area contributed by atoms with Crippen LogP contribution in [0.2, 0.25) is 0 Å². The van der Waals surface area contributed by atoms with Gasteiger partial charge in [-0.3, -0.25) is 4.79 Å². The number of hydrogen-bond acceptors (Lipinski definition) is 2. The first-order chi connectivity index (χ1) is 9.65. The van der Waals surface area contributed by atoms with E-state index in [1.165, 1.54) is 10.5 Å². The van der Waals surface area contributed by atoms with Crippen LogP contribution in [0.1, 0.15) is 15.9 Å². The van der Waals surface area contributed by atoms with Crippen LogP contribution in [0.15, 0.2) is 53.4 Å². The number of amides is 1. The van der Waals surface area contributed by atoms with Gasteiger partial charge >= 0.3 is 0 Å². The van der Waals surface area contributed by atoms with Crippen molar-refractivity contribution in [1.82, 2.24) is 5.32 Å². The monoisotopic (exact) mass is 397 g/mol. The normalized spacial score (nSPS) is 10.3. The van der Waals surface area contributed by atoms with Crippen molar-refractivity contribution in [2.24, 2.45) is 0 Å². The van der Waals surface area contributed by atoms with Gasteiger partial charge in [-0.2, -0.15) is 0 Å². The smallest absolute Gasteiger partial charge is 0.251 e. The number of halogens is 1. The molecule has 0 aromatic heterocycles. The van der Waals surface area contributed by atoms with Crippen LogP contribution in [0.3, 0.4) is 0 Å². The summed E-state index contributed by atoms with van der Waals surface area (Å²) in [6.45, 7) is 2.75. The van der Waals surface area contributed by atoms with Crippen LogP contribution in [-0.4, -0.2) is 18.2 Å². The summed E-state index contributed by atoms with van der Waals surface area (Å²) in [4.78, 5) is 13.1. The fourth-order valence-corrected chi connectivity index (χ4v) is 2.80. The van der Waals surface area contributed by atoms with Crippen molar-refractivity contribution in [3.05, 3.63) is 63.2 Å². The maximum atomic E-state index is 11.9. The van der Waals surface area contributed by atoms with Crippen molar-refractivity contribution in [2.75, 3.05) is 12.3 Å². The molecule has 0 radical (unpaired) electrons. The van der Waals surface area contributed by atoms with E-state index in [0.717, 1.165) is 9.32 Å². The Balaban J connectivity index is 1.74. The highest BCUT2D eigenvalue weighted by atomic mass is 127. The zero-order valence-electron chi connectivity index (χ0n) is 11.2. The maximum absolute atomic E-state index is 11.9. The lowest BCUT2D eigenvalue weighted by Crippen LogP contribution is -2.25. The lowest BCUT2D eigenvalue weighted by molar-refractivity contribution is 0.0956. The highest BCUT2D eigenvalue weighted by Crippen LogP contribution is 2.17. The second-order valence-corrected chi connectivity index (χ2v) is 6.84. The van der Waals surface area contributed by atoms with Crippen molar-refractivity contribution in [3.8, 4) is 0 Å². The van der Waals surface area contributed by atoms with Crippen molar-refractivity contribution < 1.29 is 4.79 Å². The molecule has 0 bridgehead atoms. The molecule has 2 aromatic rings. The van der Waals surface area contributed by atoms with Gasteiger partial charge in [0.1, 0.15) is 0 Å². The first kappa shape index (κ1) is 15.4. The second-order valence-electron chi connectivity index (χ2n) is 4.42. The van der Waals surface area contributed by atoms with Crippen molar-refractivity contribution in [1.29, 1.82) is 0 Å². The van der Waals surface area contributed by atoms with Crippen LogP contribution < -0.4 is 5.32 Å². The number of aryl methyl sites for hydroxylation is 1. The molecule has 4 heteroatoms. The molecular formula is C16H16INOS. The fraction of sp³-hybridized carbons (Fsp3) is 0.188. The van der Waals surface area contributed by atoms with Gasteiger partial charge in [0.2, 0.25) is 0 Å². The van der Waals surface area contributed by atoms with Crippen LogP contribution in [0.5, 0.6) is 0 Å². The van der Waals surface area contributed by atoms with Crippen LogP contribution in [-0.2, 0) is 0 Å². The molecule has 1 amide bonds. The van der Waals surface area contributed by atoms with Gasteiger partial charge in [-0.25, -0.2) is 0 Å². The molecule has 0 fully saturated rings. The molecule has 0 spiro atoms. The fourth-order valence-electron chi connectivity index (χ4n) is 1.67. The summed E-state index contributed by atoms with van der Waals surface area (Å²) in [6.07, 6.45) is 0. The molecular weight excluding hydrogens is 381 g/mol. The van der Waals surface area contributed by atoms with E-state index in [4.69, 9.17) is 0 Å². The summed E-state index contributed by atoms with van der Waals surface area (Å²) in [5.74, 6) is 0.866. The first-order valence-corrected chi connectivity index (χ1v) is 8.45. The van der Waals surface area contributed by atoms with E-state index < -0.39 is 0 Å². The van der Waals surface area contributed by atoms with E-state index in [0.29, 0.717) is 12.1 Å². The molecule has 20 heavy (non-hydrogen) atoms. The minimum atomic E-state index is -0.00842. The topological polar surface area (TPSA) is 29.1 Å². The Morgan fingerprint density at radius 3 is 2.40 bits per heavy atom. The van der Waals surface area contributed by atoms with E-state index in [9.17, 15) is 4.79 Å². The Kier molecular flexibility index (Phi) is 5.91. The van der Waals surface area contributed by atoms with Crippen molar-refractivity contribution in [2.45, 2.75) is 11.8 Å². The molecule has 2 nitrogen and oxygen atoms in total. The average molecular weight is 397 g/mol. The largest absolute Gasteiger partial charge is 0.351 e. The van der Waals surface area contributed by atoms with Gasteiger partial charge in [-0.05, 0) is 65.9 Å². The van der Waals surface area contributed by atoms with Crippen LogP contribution >= 0.6 is 34.4 Å². The first-order valence-electron chi connectivity index (χ1n) is 6.38. The highest BCUT2D eigenvalue weighted by molar-refractivity contribution is 14.1. The molecule has 0 aliphatic heterocycles. The van der Waals surface area contributed by atoms with E-state index in [-0.39, 0.29) is 5.91 Å². The minimum absolute atomic E-state index is 0.00842. The average Bonchev–Trinajstić information content (AvgIpc) is 2.46. The van der Waals surface area contributed by atoms with Gasteiger partial charge in [0, 0.05) is 26.3 Å². The number of benzene rings is 2. The number of nitrogens with one attached hydrogen (secondary N) is 1. The van der Waals surface area contributed by atoms with Gasteiger partial charge < -0.3 is 5.32 Å². The summed E-state index contributed by atoms with van der Waals surface area (Å²) in [6, 6.07) is 16.0. The lowest BCUT2D eigenvalue weighted by atomic mass is 10.2. The molecule has 0 aliphatic rings. The van der Waals surface area contributed by atoms with Crippen LogP contribution in [0.25, 0.3) is 0 Å². The molecule has 2 rings (SSSR count). The van der Waals surface area contributed by atoms with Gasteiger partial charge in [0.05, 0.1) is 0 Å². The molecule has 0 atom stereocenters. The number of rotatable bonds is 5. The predicted octanol–water partition coefficient (Wildman–Crippen LogP) is 4.12. The molecule has 0 heterocycles. The molecule has 104 valence electrons. The zero-order chi connectivity index (χ0) is 14.4. The molecule has 0 aliphatic carbocycles. The zero-order valence-corrected chi connectivity index (χ0v) is 14.2. The Bertz CT molecular complexity index is 566. The summed E-state index contributed by atoms with van der Waals surface area (Å²) in [5.41, 5.74) is 1.98. The Labute approximate surface area is 137 Å². The number of carbonyl (C=O) groups is 1. The SMILES string of the molecule is Cc1ccc(SCCNC(=O)c2ccc(I)cc2)cc1. The van der Waals surface area contributed by atoms with E-state index >= 15 is 0 Å². The van der Waals surface area contributed by atoms with Crippen molar-refractivity contribution >= 4 is 40.3 Å². The quantitative estimate of drug-likeness (QED) is 0.467.